The second kappa shape index (κ2) is 6.23. The molecular formula is C13H23N3O3. The van der Waals surface area contributed by atoms with Crippen LogP contribution in [0.2, 0.25) is 0 Å². The number of rotatable bonds is 3. The normalized spacial score (nSPS) is 27.5. The molecule has 0 aromatic rings. The minimum absolute atomic E-state index is 0.0616. The number of urea groups is 1. The highest BCUT2D eigenvalue weighted by atomic mass is 16.5. The SMILES string of the molecule is CC(C)[C@H]1C(=O)NCCN1C(=O)NC[C@H]1CCCO1. The molecule has 0 aromatic heterocycles. The van der Waals surface area contributed by atoms with E-state index in [1.807, 2.05) is 13.8 Å². The first-order valence-corrected chi connectivity index (χ1v) is 7.03. The van der Waals surface area contributed by atoms with E-state index in [0.29, 0.717) is 19.6 Å². The molecule has 108 valence electrons. The molecule has 2 heterocycles. The van der Waals surface area contributed by atoms with Crippen LogP contribution in [0.1, 0.15) is 26.7 Å². The summed E-state index contributed by atoms with van der Waals surface area (Å²) < 4.78 is 5.47. The van der Waals surface area contributed by atoms with E-state index in [2.05, 4.69) is 10.6 Å². The van der Waals surface area contributed by atoms with Crippen molar-refractivity contribution in [3.05, 3.63) is 0 Å². The molecule has 2 atom stereocenters. The van der Waals surface area contributed by atoms with Crippen molar-refractivity contribution in [1.29, 1.82) is 0 Å². The molecule has 19 heavy (non-hydrogen) atoms. The highest BCUT2D eigenvalue weighted by Crippen LogP contribution is 2.15. The number of hydrogen-bond acceptors (Lipinski definition) is 3. The lowest BCUT2D eigenvalue weighted by Gasteiger charge is -2.37. The monoisotopic (exact) mass is 269 g/mol. The molecule has 0 spiro atoms. The lowest BCUT2D eigenvalue weighted by molar-refractivity contribution is -0.129. The summed E-state index contributed by atoms with van der Waals surface area (Å²) in [6.07, 6.45) is 2.18. The second-order valence-electron chi connectivity index (χ2n) is 5.49. The van der Waals surface area contributed by atoms with Gasteiger partial charge in [-0.15, -0.1) is 0 Å². The van der Waals surface area contributed by atoms with Gasteiger partial charge in [-0.25, -0.2) is 4.79 Å². The first-order chi connectivity index (χ1) is 9.09. The lowest BCUT2D eigenvalue weighted by atomic mass is 10.00. The Kier molecular flexibility index (Phi) is 4.63. The van der Waals surface area contributed by atoms with Gasteiger partial charge in [0.05, 0.1) is 6.10 Å². The fourth-order valence-electron chi connectivity index (χ4n) is 2.68. The van der Waals surface area contributed by atoms with E-state index >= 15 is 0 Å². The molecule has 0 saturated carbocycles. The van der Waals surface area contributed by atoms with Crippen LogP contribution in [0.3, 0.4) is 0 Å². The lowest BCUT2D eigenvalue weighted by Crippen LogP contribution is -2.61. The Morgan fingerprint density at radius 1 is 1.58 bits per heavy atom. The minimum Gasteiger partial charge on any atom is -0.376 e. The van der Waals surface area contributed by atoms with Crippen molar-refractivity contribution in [2.24, 2.45) is 5.92 Å². The van der Waals surface area contributed by atoms with Crippen molar-refractivity contribution in [2.45, 2.75) is 38.8 Å². The molecule has 0 aliphatic carbocycles. The minimum atomic E-state index is -0.377. The molecular weight excluding hydrogens is 246 g/mol. The third-order valence-corrected chi connectivity index (χ3v) is 3.65. The van der Waals surface area contributed by atoms with Crippen molar-refractivity contribution in [3.8, 4) is 0 Å². The Morgan fingerprint density at radius 3 is 3.00 bits per heavy atom. The van der Waals surface area contributed by atoms with E-state index in [0.717, 1.165) is 19.4 Å². The van der Waals surface area contributed by atoms with E-state index in [1.54, 1.807) is 4.90 Å². The van der Waals surface area contributed by atoms with Crippen LogP contribution < -0.4 is 10.6 Å². The zero-order valence-corrected chi connectivity index (χ0v) is 11.6. The maximum Gasteiger partial charge on any atom is 0.318 e. The van der Waals surface area contributed by atoms with Crippen molar-refractivity contribution >= 4 is 11.9 Å². The number of piperazine rings is 1. The summed E-state index contributed by atoms with van der Waals surface area (Å²) in [6.45, 7) is 6.30. The summed E-state index contributed by atoms with van der Waals surface area (Å²) in [7, 11) is 0. The number of ether oxygens (including phenoxy) is 1. The zero-order chi connectivity index (χ0) is 13.8. The molecule has 6 nitrogen and oxygen atoms in total. The molecule has 2 fully saturated rings. The second-order valence-corrected chi connectivity index (χ2v) is 5.49. The Morgan fingerprint density at radius 2 is 2.37 bits per heavy atom. The first kappa shape index (κ1) is 14.1. The smallest absolute Gasteiger partial charge is 0.318 e. The number of nitrogens with one attached hydrogen (secondary N) is 2. The average molecular weight is 269 g/mol. The Labute approximate surface area is 113 Å². The summed E-state index contributed by atoms with van der Waals surface area (Å²) >= 11 is 0. The van der Waals surface area contributed by atoms with Crippen molar-refractivity contribution < 1.29 is 14.3 Å². The summed E-state index contributed by atoms with van der Waals surface area (Å²) in [5, 5.41) is 5.69. The third kappa shape index (κ3) is 3.37. The van der Waals surface area contributed by atoms with Gasteiger partial charge < -0.3 is 20.3 Å². The quantitative estimate of drug-likeness (QED) is 0.776. The van der Waals surface area contributed by atoms with Crippen LogP contribution in [0.4, 0.5) is 4.79 Å². The third-order valence-electron chi connectivity index (χ3n) is 3.65. The fourth-order valence-corrected chi connectivity index (χ4v) is 2.68. The van der Waals surface area contributed by atoms with Crippen molar-refractivity contribution in [2.75, 3.05) is 26.2 Å². The van der Waals surface area contributed by atoms with Crippen LogP contribution in [-0.4, -0.2) is 55.2 Å². The molecule has 3 amide bonds. The highest BCUT2D eigenvalue weighted by Gasteiger charge is 2.35. The van der Waals surface area contributed by atoms with Gasteiger partial charge in [-0.1, -0.05) is 13.8 Å². The standard InChI is InChI=1S/C13H23N3O3/c1-9(2)11-12(17)14-5-6-16(11)13(18)15-8-10-4-3-7-19-10/h9-11H,3-8H2,1-2H3,(H,14,17)(H,15,18)/t10-,11+/m1/s1. The largest absolute Gasteiger partial charge is 0.376 e. The van der Waals surface area contributed by atoms with Crippen molar-refractivity contribution in [3.63, 3.8) is 0 Å². The van der Waals surface area contributed by atoms with Gasteiger partial charge in [0.1, 0.15) is 6.04 Å². The number of carbonyl (C=O) groups excluding carboxylic acids is 2. The number of hydrogen-bond donors (Lipinski definition) is 2. The Bertz CT molecular complexity index is 340. The van der Waals surface area contributed by atoms with Crippen LogP contribution >= 0.6 is 0 Å². The first-order valence-electron chi connectivity index (χ1n) is 7.03. The average Bonchev–Trinajstić information content (AvgIpc) is 2.88. The highest BCUT2D eigenvalue weighted by molar-refractivity contribution is 5.88. The number of nitrogens with zero attached hydrogens (tertiary/aromatic N) is 1. The van der Waals surface area contributed by atoms with E-state index < -0.39 is 0 Å². The van der Waals surface area contributed by atoms with E-state index in [4.69, 9.17) is 4.74 Å². The van der Waals surface area contributed by atoms with E-state index in [-0.39, 0.29) is 30.0 Å². The molecule has 6 heteroatoms. The molecule has 0 unspecified atom stereocenters. The van der Waals surface area contributed by atoms with E-state index in [9.17, 15) is 9.59 Å². The molecule has 2 saturated heterocycles. The predicted octanol–water partition coefficient (Wildman–Crippen LogP) is 0.331. The topological polar surface area (TPSA) is 70.7 Å². The summed E-state index contributed by atoms with van der Waals surface area (Å²) in [6, 6.07) is -0.540. The van der Waals surface area contributed by atoms with Crippen LogP contribution in [0, 0.1) is 5.92 Å². The molecule has 2 rings (SSSR count). The van der Waals surface area contributed by atoms with Gasteiger partial charge in [0.25, 0.3) is 0 Å². The summed E-state index contributed by atoms with van der Waals surface area (Å²) in [5.41, 5.74) is 0. The molecule has 2 aliphatic rings. The van der Waals surface area contributed by atoms with Crippen LogP contribution in [0.15, 0.2) is 0 Å². The van der Waals surface area contributed by atoms with Gasteiger partial charge in [0.15, 0.2) is 0 Å². The predicted molar refractivity (Wildman–Crippen MR) is 70.7 cm³/mol. The number of carbonyl (C=O) groups is 2. The Balaban J connectivity index is 1.89. The van der Waals surface area contributed by atoms with Crippen LogP contribution in [0.25, 0.3) is 0 Å². The summed E-state index contributed by atoms with van der Waals surface area (Å²) in [4.78, 5) is 25.7. The fraction of sp³-hybridized carbons (Fsp3) is 0.846. The van der Waals surface area contributed by atoms with Gasteiger partial charge in [0, 0.05) is 26.2 Å². The maximum absolute atomic E-state index is 12.2. The molecule has 2 N–H and O–H groups in total. The Hall–Kier alpha value is -1.30. The van der Waals surface area contributed by atoms with Gasteiger partial charge in [-0.3, -0.25) is 4.79 Å². The van der Waals surface area contributed by atoms with Crippen LogP contribution in [-0.2, 0) is 9.53 Å². The van der Waals surface area contributed by atoms with Gasteiger partial charge in [0.2, 0.25) is 5.91 Å². The van der Waals surface area contributed by atoms with Gasteiger partial charge in [-0.2, -0.15) is 0 Å². The number of amides is 3. The maximum atomic E-state index is 12.2. The zero-order valence-electron chi connectivity index (χ0n) is 11.6. The molecule has 0 aromatic carbocycles. The van der Waals surface area contributed by atoms with Crippen molar-refractivity contribution in [1.82, 2.24) is 15.5 Å². The van der Waals surface area contributed by atoms with E-state index in [1.165, 1.54) is 0 Å². The molecule has 2 aliphatic heterocycles. The van der Waals surface area contributed by atoms with Gasteiger partial charge >= 0.3 is 6.03 Å². The summed E-state index contributed by atoms with van der Waals surface area (Å²) in [5.74, 6) is 0.0438. The molecule has 0 bridgehead atoms. The van der Waals surface area contributed by atoms with Crippen LogP contribution in [0.5, 0.6) is 0 Å². The molecule has 0 radical (unpaired) electrons. The van der Waals surface area contributed by atoms with Gasteiger partial charge in [-0.05, 0) is 18.8 Å².